The highest BCUT2D eigenvalue weighted by molar-refractivity contribution is 5.75. The third kappa shape index (κ3) is 1.41. The number of fused-ring (bicyclic) bond motifs is 1. The topological polar surface area (TPSA) is 63.6 Å². The van der Waals surface area contributed by atoms with Crippen LogP contribution in [0.2, 0.25) is 0 Å². The highest BCUT2D eigenvalue weighted by Gasteiger charge is 2.04. The first-order valence-corrected chi connectivity index (χ1v) is 4.72. The number of aromatic amines is 1. The Morgan fingerprint density at radius 3 is 3.14 bits per heavy atom. The molecule has 0 aromatic carbocycles. The van der Waals surface area contributed by atoms with Crippen molar-refractivity contribution in [1.29, 1.82) is 0 Å². The van der Waals surface area contributed by atoms with Gasteiger partial charge in [-0.1, -0.05) is 13.3 Å². The minimum absolute atomic E-state index is 0.0894. The van der Waals surface area contributed by atoms with Gasteiger partial charge in [-0.25, -0.2) is 4.68 Å². The van der Waals surface area contributed by atoms with Crippen LogP contribution in [0.1, 0.15) is 19.8 Å². The second-order valence-corrected chi connectivity index (χ2v) is 3.23. The van der Waals surface area contributed by atoms with Crippen LogP contribution in [0.15, 0.2) is 17.2 Å². The molecule has 0 spiro atoms. The smallest absolute Gasteiger partial charge is 0.272 e. The predicted molar refractivity (Wildman–Crippen MR) is 53.1 cm³/mol. The molecule has 0 saturated heterocycles. The highest BCUT2D eigenvalue weighted by Crippen LogP contribution is 2.01. The van der Waals surface area contributed by atoms with E-state index in [4.69, 9.17) is 0 Å². The van der Waals surface area contributed by atoms with Crippen LogP contribution in [0.25, 0.3) is 10.9 Å². The summed E-state index contributed by atoms with van der Waals surface area (Å²) in [5.74, 6) is 0. The summed E-state index contributed by atoms with van der Waals surface area (Å²) >= 11 is 0. The molecule has 0 unspecified atom stereocenters. The van der Waals surface area contributed by atoms with Gasteiger partial charge in [-0.2, -0.15) is 10.2 Å². The molecule has 0 aliphatic rings. The lowest BCUT2D eigenvalue weighted by Gasteiger charge is -2.01. The molecule has 5 nitrogen and oxygen atoms in total. The first kappa shape index (κ1) is 8.93. The lowest BCUT2D eigenvalue weighted by Crippen LogP contribution is -2.22. The molecule has 0 aliphatic heterocycles. The Hall–Kier alpha value is -1.65. The summed E-state index contributed by atoms with van der Waals surface area (Å²) in [5, 5.41) is 11.3. The van der Waals surface area contributed by atoms with Gasteiger partial charge in [0.2, 0.25) is 0 Å². The molecule has 1 N–H and O–H groups in total. The maximum Gasteiger partial charge on any atom is 0.292 e. The molecule has 2 heterocycles. The highest BCUT2D eigenvalue weighted by atomic mass is 16.1. The molecule has 0 atom stereocenters. The maximum absolute atomic E-state index is 11.7. The van der Waals surface area contributed by atoms with Gasteiger partial charge in [-0.15, -0.1) is 0 Å². The molecule has 5 heteroatoms. The van der Waals surface area contributed by atoms with Crippen LogP contribution in [0.3, 0.4) is 0 Å². The quantitative estimate of drug-likeness (QED) is 0.786. The maximum atomic E-state index is 11.7. The zero-order valence-corrected chi connectivity index (χ0v) is 8.03. The van der Waals surface area contributed by atoms with E-state index >= 15 is 0 Å². The molecule has 0 aliphatic carbocycles. The van der Waals surface area contributed by atoms with E-state index < -0.39 is 0 Å². The minimum atomic E-state index is -0.0894. The third-order valence-corrected chi connectivity index (χ3v) is 2.18. The van der Waals surface area contributed by atoms with Crippen molar-refractivity contribution in [2.45, 2.75) is 26.3 Å². The average molecular weight is 192 g/mol. The Morgan fingerprint density at radius 1 is 1.50 bits per heavy atom. The van der Waals surface area contributed by atoms with Crippen molar-refractivity contribution in [2.24, 2.45) is 0 Å². The summed E-state index contributed by atoms with van der Waals surface area (Å²) in [7, 11) is 0. The monoisotopic (exact) mass is 192 g/mol. The molecule has 0 amide bonds. The van der Waals surface area contributed by atoms with Crippen molar-refractivity contribution in [2.75, 3.05) is 0 Å². The summed E-state index contributed by atoms with van der Waals surface area (Å²) in [6, 6.07) is 0. The van der Waals surface area contributed by atoms with E-state index in [2.05, 4.69) is 22.2 Å². The van der Waals surface area contributed by atoms with E-state index in [1.54, 1.807) is 12.4 Å². The second-order valence-electron chi connectivity index (χ2n) is 3.23. The Balaban J connectivity index is 2.46. The van der Waals surface area contributed by atoms with Crippen molar-refractivity contribution in [3.05, 3.63) is 22.7 Å². The normalized spacial score (nSPS) is 10.9. The van der Waals surface area contributed by atoms with Crippen LogP contribution < -0.4 is 5.56 Å². The largest absolute Gasteiger partial charge is 0.292 e. The first-order chi connectivity index (χ1) is 6.83. The van der Waals surface area contributed by atoms with Crippen molar-refractivity contribution >= 4 is 10.9 Å². The number of hydrogen-bond donors (Lipinski definition) is 1. The number of aryl methyl sites for hydroxylation is 1. The molecular weight excluding hydrogens is 180 g/mol. The van der Waals surface area contributed by atoms with Gasteiger partial charge >= 0.3 is 0 Å². The first-order valence-electron chi connectivity index (χ1n) is 4.72. The predicted octanol–water partition coefficient (Wildman–Crippen LogP) is 0.920. The van der Waals surface area contributed by atoms with E-state index in [9.17, 15) is 4.79 Å². The van der Waals surface area contributed by atoms with Gasteiger partial charge in [-0.05, 0) is 6.42 Å². The van der Waals surface area contributed by atoms with E-state index in [-0.39, 0.29) is 5.56 Å². The van der Waals surface area contributed by atoms with E-state index in [0.717, 1.165) is 18.2 Å². The Labute approximate surface area is 80.7 Å². The number of unbranched alkanes of at least 4 members (excludes halogenated alkanes) is 1. The molecule has 0 fully saturated rings. The number of rotatable bonds is 3. The lowest BCUT2D eigenvalue weighted by atomic mass is 10.3. The average Bonchev–Trinajstić information content (AvgIpc) is 2.66. The standard InChI is InChI=1S/C9H12N4O/c1-2-3-4-13-9(14)8-7(6-11-13)5-10-12-8/h5-6H,2-4H2,1H3,(H,10,12). The minimum Gasteiger partial charge on any atom is -0.272 e. The molecule has 74 valence electrons. The number of H-pyrrole nitrogens is 1. The van der Waals surface area contributed by atoms with E-state index in [1.165, 1.54) is 4.68 Å². The number of hydrogen-bond acceptors (Lipinski definition) is 3. The van der Waals surface area contributed by atoms with Crippen LogP contribution in [0, 0.1) is 0 Å². The van der Waals surface area contributed by atoms with E-state index in [1.807, 2.05) is 0 Å². The van der Waals surface area contributed by atoms with Crippen molar-refractivity contribution in [3.8, 4) is 0 Å². The molecule has 0 radical (unpaired) electrons. The summed E-state index contributed by atoms with van der Waals surface area (Å²) < 4.78 is 1.48. The van der Waals surface area contributed by atoms with Crippen LogP contribution in [-0.2, 0) is 6.54 Å². The van der Waals surface area contributed by atoms with Gasteiger partial charge in [0.15, 0.2) is 0 Å². The van der Waals surface area contributed by atoms with Gasteiger partial charge < -0.3 is 0 Å². The molecule has 14 heavy (non-hydrogen) atoms. The van der Waals surface area contributed by atoms with Crippen molar-refractivity contribution in [3.63, 3.8) is 0 Å². The fourth-order valence-corrected chi connectivity index (χ4v) is 1.35. The Kier molecular flexibility index (Phi) is 2.30. The molecule has 0 saturated carbocycles. The zero-order chi connectivity index (χ0) is 9.97. The second kappa shape index (κ2) is 3.61. The van der Waals surface area contributed by atoms with Crippen LogP contribution in [0.5, 0.6) is 0 Å². The fraction of sp³-hybridized carbons (Fsp3) is 0.444. The van der Waals surface area contributed by atoms with Crippen LogP contribution in [-0.4, -0.2) is 20.0 Å². The van der Waals surface area contributed by atoms with E-state index in [0.29, 0.717) is 12.1 Å². The summed E-state index contributed by atoms with van der Waals surface area (Å²) in [6.45, 7) is 2.75. The fourth-order valence-electron chi connectivity index (χ4n) is 1.35. The summed E-state index contributed by atoms with van der Waals surface area (Å²) in [4.78, 5) is 11.7. The van der Waals surface area contributed by atoms with Gasteiger partial charge in [0.1, 0.15) is 5.52 Å². The van der Waals surface area contributed by atoms with Crippen molar-refractivity contribution < 1.29 is 0 Å². The van der Waals surface area contributed by atoms with Crippen LogP contribution >= 0.6 is 0 Å². The third-order valence-electron chi connectivity index (χ3n) is 2.18. The number of nitrogens with one attached hydrogen (secondary N) is 1. The molecule has 2 rings (SSSR count). The van der Waals surface area contributed by atoms with Gasteiger partial charge in [0.05, 0.1) is 12.4 Å². The van der Waals surface area contributed by atoms with Gasteiger partial charge in [-0.3, -0.25) is 9.89 Å². The van der Waals surface area contributed by atoms with Gasteiger partial charge in [0.25, 0.3) is 5.56 Å². The zero-order valence-electron chi connectivity index (χ0n) is 8.03. The Morgan fingerprint density at radius 2 is 2.36 bits per heavy atom. The lowest BCUT2D eigenvalue weighted by molar-refractivity contribution is 0.547. The summed E-state index contributed by atoms with van der Waals surface area (Å²) in [6.07, 6.45) is 5.28. The molecule has 2 aromatic rings. The number of aromatic nitrogens is 4. The molecular formula is C9H12N4O. The molecule has 2 aromatic heterocycles. The number of nitrogens with zero attached hydrogens (tertiary/aromatic N) is 3. The SMILES string of the molecule is CCCCn1ncc2cn[nH]c2c1=O. The Bertz CT molecular complexity index is 485. The summed E-state index contributed by atoms with van der Waals surface area (Å²) in [5.41, 5.74) is 0.449. The van der Waals surface area contributed by atoms with Crippen molar-refractivity contribution in [1.82, 2.24) is 20.0 Å². The molecule has 0 bridgehead atoms. The van der Waals surface area contributed by atoms with Crippen LogP contribution in [0.4, 0.5) is 0 Å². The van der Waals surface area contributed by atoms with Gasteiger partial charge in [0, 0.05) is 11.9 Å².